The molecule has 3 aromatic rings. The molecule has 0 saturated heterocycles. The lowest BCUT2D eigenvalue weighted by Gasteiger charge is -2.24. The molecule has 1 aromatic heterocycles. The van der Waals surface area contributed by atoms with Crippen LogP contribution in [0.5, 0.6) is 5.75 Å². The summed E-state index contributed by atoms with van der Waals surface area (Å²) in [6.45, 7) is 6.17. The molecule has 4 rings (SSSR count). The number of ether oxygens (including phenoxy) is 1. The molecule has 1 heterocycles. The molecule has 3 N–H and O–H groups in total. The molecular formula is C34H45ClF3N3O2. The summed E-state index contributed by atoms with van der Waals surface area (Å²) in [5, 5.41) is 8.48. The molecule has 0 amide bonds. The Morgan fingerprint density at radius 3 is 2.28 bits per heavy atom. The Morgan fingerprint density at radius 2 is 1.77 bits per heavy atom. The Morgan fingerprint density at radius 1 is 1.09 bits per heavy atom. The van der Waals surface area contributed by atoms with Gasteiger partial charge in [-0.25, -0.2) is 0 Å². The summed E-state index contributed by atoms with van der Waals surface area (Å²) in [4.78, 5) is 13.4. The zero-order valence-corrected chi connectivity index (χ0v) is 26.7. The highest BCUT2D eigenvalue weighted by Crippen LogP contribution is 2.33. The second kappa shape index (κ2) is 17.1. The van der Waals surface area contributed by atoms with Gasteiger partial charge >= 0.3 is 6.18 Å². The van der Waals surface area contributed by atoms with Crippen molar-refractivity contribution in [3.05, 3.63) is 71.0 Å². The van der Waals surface area contributed by atoms with Crippen LogP contribution in [-0.4, -0.2) is 28.8 Å². The number of hydrogen-bond donors (Lipinski definition) is 2. The largest absolute Gasteiger partial charge is 0.497 e. The van der Waals surface area contributed by atoms with E-state index in [2.05, 4.69) is 19.9 Å². The first-order valence-corrected chi connectivity index (χ1v) is 15.3. The Balaban J connectivity index is 0.000000417. The van der Waals surface area contributed by atoms with Crippen LogP contribution in [0.2, 0.25) is 0 Å². The number of ketones is 1. The number of fused-ring (bicyclic) bond motifs is 2. The number of rotatable bonds is 9. The van der Waals surface area contributed by atoms with Gasteiger partial charge in [0.05, 0.1) is 7.11 Å². The number of nitrogens with two attached hydrogens (primary N) is 1. The van der Waals surface area contributed by atoms with Gasteiger partial charge in [0.15, 0.2) is 5.78 Å². The first-order valence-electron chi connectivity index (χ1n) is 14.9. The average Bonchev–Trinajstić information content (AvgIpc) is 3.31. The van der Waals surface area contributed by atoms with Crippen molar-refractivity contribution in [2.24, 2.45) is 18.7 Å². The first-order chi connectivity index (χ1) is 20.4. The fourth-order valence-electron chi connectivity index (χ4n) is 5.08. The summed E-state index contributed by atoms with van der Waals surface area (Å²) in [5.41, 5.74) is 11.0. The molecule has 5 nitrogen and oxygen atoms in total. The molecule has 0 saturated carbocycles. The molecule has 236 valence electrons. The topological polar surface area (TPSA) is 81.1 Å². The number of aromatic nitrogens is 1. The van der Waals surface area contributed by atoms with Crippen molar-refractivity contribution in [3.8, 4) is 5.75 Å². The molecular weight excluding hydrogens is 575 g/mol. The van der Waals surface area contributed by atoms with E-state index < -0.39 is 12.6 Å². The summed E-state index contributed by atoms with van der Waals surface area (Å²) in [6, 6.07) is 11.8. The second-order valence-electron chi connectivity index (χ2n) is 10.8. The van der Waals surface area contributed by atoms with E-state index in [-0.39, 0.29) is 23.3 Å². The molecule has 1 atom stereocenters. The minimum Gasteiger partial charge on any atom is -0.497 e. The Bertz CT molecular complexity index is 1390. The van der Waals surface area contributed by atoms with Gasteiger partial charge in [-0.15, -0.1) is 0 Å². The second-order valence-corrected chi connectivity index (χ2v) is 11.2. The van der Waals surface area contributed by atoms with Crippen LogP contribution < -0.4 is 10.5 Å². The third kappa shape index (κ3) is 10.4. The highest BCUT2D eigenvalue weighted by molar-refractivity contribution is 6.75. The van der Waals surface area contributed by atoms with Crippen molar-refractivity contribution >= 4 is 39.0 Å². The number of aryl methyl sites for hydroxylation is 2. The van der Waals surface area contributed by atoms with Crippen LogP contribution in [0.25, 0.3) is 16.5 Å². The number of carbonyl (C=O) groups is 1. The van der Waals surface area contributed by atoms with E-state index in [0.29, 0.717) is 12.0 Å². The van der Waals surface area contributed by atoms with Gasteiger partial charge in [0.25, 0.3) is 0 Å². The van der Waals surface area contributed by atoms with Crippen molar-refractivity contribution in [1.29, 1.82) is 5.41 Å². The fraction of sp³-hybridized carbons (Fsp3) is 0.471. The van der Waals surface area contributed by atoms with Crippen molar-refractivity contribution in [2.45, 2.75) is 84.7 Å². The van der Waals surface area contributed by atoms with E-state index in [1.54, 1.807) is 14.0 Å². The standard InChI is InChI=1S/C24H24ClN3O2.C5H9F3.C5H12/c1-28-13-21(19-8-6-15(11-22(19)28)20(12-26)24(25)27)23(29)16-4-3-14-5-7-18(30-2)10-17(14)9-16;1-2-3-4-5(6,7)8;1-3-5-4-2/h5-8,10-13,16,27H,3-4,9,26H2,1-2H3;2-4H2,1H3;3-5H2,1-2H3/b20-12-,27-24?;;. The molecule has 43 heavy (non-hydrogen) atoms. The van der Waals surface area contributed by atoms with Crippen molar-refractivity contribution in [2.75, 3.05) is 7.11 Å². The van der Waals surface area contributed by atoms with Crippen LogP contribution in [0.4, 0.5) is 13.2 Å². The van der Waals surface area contributed by atoms with Gasteiger partial charge in [-0.2, -0.15) is 13.2 Å². The van der Waals surface area contributed by atoms with Crippen molar-refractivity contribution in [1.82, 2.24) is 4.57 Å². The number of carbonyl (C=O) groups excluding carboxylic acids is 1. The monoisotopic (exact) mass is 619 g/mol. The minimum atomic E-state index is -3.95. The predicted octanol–water partition coefficient (Wildman–Crippen LogP) is 9.63. The van der Waals surface area contributed by atoms with Crippen LogP contribution in [0.15, 0.2) is 48.8 Å². The number of nitrogens with one attached hydrogen (secondary N) is 1. The summed E-state index contributed by atoms with van der Waals surface area (Å²) < 4.78 is 41.0. The first kappa shape index (κ1) is 35.9. The van der Waals surface area contributed by atoms with Gasteiger partial charge in [0.1, 0.15) is 10.9 Å². The average molecular weight is 620 g/mol. The van der Waals surface area contributed by atoms with Crippen molar-refractivity contribution < 1.29 is 22.7 Å². The van der Waals surface area contributed by atoms with E-state index in [4.69, 9.17) is 27.5 Å². The molecule has 9 heteroatoms. The molecule has 0 fully saturated rings. The number of unbranched alkanes of at least 4 members (excludes halogenated alkanes) is 3. The SMILES string of the molecule is CCCCC.CCCCC(F)(F)F.COc1ccc2c(c1)CC(C(=O)c1cn(C)c3cc(/C(=C/N)C(=N)Cl)ccc13)CC2. The molecule has 1 unspecified atom stereocenters. The molecule has 1 aliphatic carbocycles. The smallest absolute Gasteiger partial charge is 0.389 e. The summed E-state index contributed by atoms with van der Waals surface area (Å²) in [5.74, 6) is 0.944. The van der Waals surface area contributed by atoms with Gasteiger partial charge < -0.3 is 15.0 Å². The van der Waals surface area contributed by atoms with Gasteiger partial charge in [-0.05, 0) is 60.6 Å². The number of nitrogens with zero attached hydrogens (tertiary/aromatic N) is 1. The summed E-state index contributed by atoms with van der Waals surface area (Å²) in [6.07, 6.45) is 6.05. The number of allylic oxidation sites excluding steroid dienone is 1. The van der Waals surface area contributed by atoms with E-state index in [0.717, 1.165) is 47.0 Å². The van der Waals surface area contributed by atoms with Crippen molar-refractivity contribution in [3.63, 3.8) is 0 Å². The van der Waals surface area contributed by atoms with Crippen LogP contribution in [-0.2, 0) is 19.9 Å². The van der Waals surface area contributed by atoms with E-state index in [1.165, 1.54) is 36.6 Å². The number of halogens is 4. The Labute approximate surface area is 258 Å². The fourth-order valence-corrected chi connectivity index (χ4v) is 5.25. The van der Waals surface area contributed by atoms with E-state index >= 15 is 0 Å². The molecule has 0 radical (unpaired) electrons. The molecule has 2 aromatic carbocycles. The van der Waals surface area contributed by atoms with Crippen LogP contribution in [0, 0.1) is 11.3 Å². The van der Waals surface area contributed by atoms with Crippen LogP contribution >= 0.6 is 11.6 Å². The van der Waals surface area contributed by atoms with Crippen LogP contribution in [0.3, 0.4) is 0 Å². The maximum Gasteiger partial charge on any atom is 0.389 e. The highest BCUT2D eigenvalue weighted by Gasteiger charge is 2.28. The van der Waals surface area contributed by atoms with Gasteiger partial charge in [-0.3, -0.25) is 10.2 Å². The Hall–Kier alpha value is -3.26. The number of alkyl halides is 3. The van der Waals surface area contributed by atoms with Gasteiger partial charge in [0, 0.05) is 53.8 Å². The molecule has 1 aliphatic rings. The third-order valence-corrected chi connectivity index (χ3v) is 7.71. The maximum atomic E-state index is 13.4. The lowest BCUT2D eigenvalue weighted by atomic mass is 9.80. The quantitative estimate of drug-likeness (QED) is 0.185. The normalized spacial score (nSPS) is 14.6. The van der Waals surface area contributed by atoms with Gasteiger partial charge in [-0.1, -0.05) is 76.3 Å². The van der Waals surface area contributed by atoms with Crippen LogP contribution in [0.1, 0.15) is 92.8 Å². The number of Topliss-reactive ketones (excluding diaryl/α,β-unsaturated/α-hetero) is 1. The molecule has 0 bridgehead atoms. The van der Waals surface area contributed by atoms with Gasteiger partial charge in [0.2, 0.25) is 0 Å². The van der Waals surface area contributed by atoms with E-state index in [9.17, 15) is 18.0 Å². The summed E-state index contributed by atoms with van der Waals surface area (Å²) >= 11 is 5.85. The number of methoxy groups -OCH3 is 1. The predicted molar refractivity (Wildman–Crippen MR) is 172 cm³/mol. The lowest BCUT2D eigenvalue weighted by Crippen LogP contribution is -2.22. The zero-order valence-electron chi connectivity index (χ0n) is 25.9. The van der Waals surface area contributed by atoms with E-state index in [1.807, 2.05) is 48.1 Å². The minimum absolute atomic E-state index is 0.0506. The molecule has 0 aliphatic heterocycles. The highest BCUT2D eigenvalue weighted by atomic mass is 35.5. The number of hydrogen-bond acceptors (Lipinski definition) is 4. The Kier molecular flexibility index (Phi) is 14.3. The molecule has 0 spiro atoms. The lowest BCUT2D eigenvalue weighted by molar-refractivity contribution is -0.135. The third-order valence-electron chi connectivity index (χ3n) is 7.50. The summed E-state index contributed by atoms with van der Waals surface area (Å²) in [7, 11) is 3.58. The number of benzene rings is 2. The zero-order chi connectivity index (χ0) is 32.2. The maximum absolute atomic E-state index is 13.4.